The second-order valence-corrected chi connectivity index (χ2v) is 11.3. The molecule has 0 unspecified atom stereocenters. The maximum absolute atomic E-state index is 12.6. The number of hydrogen-bond acceptors (Lipinski definition) is 6. The molecule has 0 fully saturated rings. The molecule has 1 heterocycles. The maximum Gasteiger partial charge on any atom is 0.279 e. The van der Waals surface area contributed by atoms with Gasteiger partial charge in [0.1, 0.15) is 0 Å². The first-order chi connectivity index (χ1) is 13.5. The molecule has 0 aliphatic carbocycles. The Morgan fingerprint density at radius 1 is 1.03 bits per heavy atom. The minimum absolute atomic E-state index is 0.103. The van der Waals surface area contributed by atoms with Gasteiger partial charge in [0, 0.05) is 18.1 Å². The highest BCUT2D eigenvalue weighted by Gasteiger charge is 2.14. The van der Waals surface area contributed by atoms with Crippen LogP contribution in [0.3, 0.4) is 0 Å². The highest BCUT2D eigenvalue weighted by Crippen LogP contribution is 2.22. The van der Waals surface area contributed by atoms with Crippen molar-refractivity contribution in [3.8, 4) is 12.3 Å². The molecule has 0 saturated carbocycles. The number of sulfone groups is 2. The standard InChI is InChI=1S/C19H16N2O5S3/c1-4-11-21-16-10-9-15(29(3,25)26)12-17(16)27-19(21)20-18(22)13-5-7-14(8-6-13)28(2,23)24/h1,5-10,12H,11H2,2-3H3. The van der Waals surface area contributed by atoms with Gasteiger partial charge in [0.05, 0.1) is 26.6 Å². The Morgan fingerprint density at radius 3 is 2.17 bits per heavy atom. The Bertz CT molecular complexity index is 1440. The zero-order chi connectivity index (χ0) is 21.4. The third kappa shape index (κ3) is 4.48. The average molecular weight is 449 g/mol. The number of nitrogens with zero attached hydrogens (tertiary/aromatic N) is 2. The van der Waals surface area contributed by atoms with E-state index >= 15 is 0 Å². The first kappa shape index (κ1) is 21.0. The van der Waals surface area contributed by atoms with E-state index in [1.807, 2.05) is 0 Å². The summed E-state index contributed by atoms with van der Waals surface area (Å²) in [6.07, 6.45) is 7.63. The molecule has 29 heavy (non-hydrogen) atoms. The summed E-state index contributed by atoms with van der Waals surface area (Å²) in [6, 6.07) is 10.1. The fourth-order valence-corrected chi connectivity index (χ4v) is 5.03. The molecule has 10 heteroatoms. The van der Waals surface area contributed by atoms with Crippen LogP contribution in [-0.4, -0.2) is 39.8 Å². The lowest BCUT2D eigenvalue weighted by Crippen LogP contribution is -2.16. The third-order valence-corrected chi connectivity index (χ3v) is 7.34. The van der Waals surface area contributed by atoms with E-state index in [1.165, 1.54) is 36.4 Å². The molecule has 0 N–H and O–H groups in total. The van der Waals surface area contributed by atoms with Gasteiger partial charge in [0.2, 0.25) is 0 Å². The molecule has 150 valence electrons. The van der Waals surface area contributed by atoms with E-state index in [2.05, 4.69) is 10.9 Å². The summed E-state index contributed by atoms with van der Waals surface area (Å²) < 4.78 is 49.0. The first-order valence-electron chi connectivity index (χ1n) is 8.17. The summed E-state index contributed by atoms with van der Waals surface area (Å²) in [5.41, 5.74) is 0.887. The molecule has 0 aliphatic heterocycles. The molecule has 0 saturated heterocycles. The molecular weight excluding hydrogens is 432 g/mol. The monoisotopic (exact) mass is 448 g/mol. The van der Waals surface area contributed by atoms with Gasteiger partial charge in [0.25, 0.3) is 5.91 Å². The number of rotatable bonds is 4. The molecule has 3 rings (SSSR count). The van der Waals surface area contributed by atoms with Crippen molar-refractivity contribution >= 4 is 47.1 Å². The third-order valence-electron chi connectivity index (χ3n) is 4.06. The minimum Gasteiger partial charge on any atom is -0.305 e. The van der Waals surface area contributed by atoms with E-state index in [0.717, 1.165) is 23.8 Å². The van der Waals surface area contributed by atoms with Crippen molar-refractivity contribution in [2.45, 2.75) is 16.3 Å². The second kappa shape index (κ2) is 7.59. The topological polar surface area (TPSA) is 103 Å². The smallest absolute Gasteiger partial charge is 0.279 e. The highest BCUT2D eigenvalue weighted by molar-refractivity contribution is 7.91. The Balaban J connectivity index is 2.12. The highest BCUT2D eigenvalue weighted by atomic mass is 32.2. The molecule has 0 bridgehead atoms. The minimum atomic E-state index is -3.38. The van der Waals surface area contributed by atoms with E-state index in [9.17, 15) is 21.6 Å². The van der Waals surface area contributed by atoms with Crippen molar-refractivity contribution in [1.82, 2.24) is 4.57 Å². The predicted octanol–water partition coefficient (Wildman–Crippen LogP) is 1.88. The normalized spacial score (nSPS) is 12.8. The van der Waals surface area contributed by atoms with Crippen molar-refractivity contribution in [2.24, 2.45) is 4.99 Å². The number of thiazole rings is 1. The molecule has 0 spiro atoms. The fourth-order valence-electron chi connectivity index (χ4n) is 2.61. The van der Waals surface area contributed by atoms with Crippen LogP contribution in [0.5, 0.6) is 0 Å². The predicted molar refractivity (Wildman–Crippen MR) is 111 cm³/mol. The lowest BCUT2D eigenvalue weighted by atomic mass is 10.2. The van der Waals surface area contributed by atoms with Crippen LogP contribution in [0.25, 0.3) is 10.2 Å². The summed E-state index contributed by atoms with van der Waals surface area (Å²) in [5.74, 6) is 1.93. The largest absolute Gasteiger partial charge is 0.305 e. The van der Waals surface area contributed by atoms with Crippen LogP contribution in [0.4, 0.5) is 0 Å². The van der Waals surface area contributed by atoms with Crippen molar-refractivity contribution in [2.75, 3.05) is 12.5 Å². The van der Waals surface area contributed by atoms with Crippen LogP contribution in [0, 0.1) is 12.3 Å². The zero-order valence-corrected chi connectivity index (χ0v) is 17.9. The number of benzene rings is 2. The van der Waals surface area contributed by atoms with E-state index in [-0.39, 0.29) is 21.9 Å². The lowest BCUT2D eigenvalue weighted by Gasteiger charge is -2.02. The van der Waals surface area contributed by atoms with Gasteiger partial charge in [-0.1, -0.05) is 17.3 Å². The Labute approximate surface area is 172 Å². The van der Waals surface area contributed by atoms with Crippen LogP contribution in [-0.2, 0) is 26.2 Å². The van der Waals surface area contributed by atoms with Gasteiger partial charge >= 0.3 is 0 Å². The van der Waals surface area contributed by atoms with Gasteiger partial charge in [-0.2, -0.15) is 4.99 Å². The quantitative estimate of drug-likeness (QED) is 0.567. The van der Waals surface area contributed by atoms with Gasteiger partial charge in [0.15, 0.2) is 24.5 Å². The summed E-state index contributed by atoms with van der Waals surface area (Å²) in [6.45, 7) is 0.150. The van der Waals surface area contributed by atoms with E-state index in [0.29, 0.717) is 15.0 Å². The van der Waals surface area contributed by atoms with Gasteiger partial charge in [-0.25, -0.2) is 16.8 Å². The second-order valence-electron chi connectivity index (χ2n) is 6.29. The number of carbonyl (C=O) groups is 1. The Kier molecular flexibility index (Phi) is 5.49. The molecule has 0 radical (unpaired) electrons. The molecule has 1 amide bonds. The van der Waals surface area contributed by atoms with Gasteiger partial charge in [-0.05, 0) is 42.5 Å². The maximum atomic E-state index is 12.6. The number of terminal acetylenes is 1. The van der Waals surface area contributed by atoms with Crippen LogP contribution in [0.1, 0.15) is 10.4 Å². The number of fused-ring (bicyclic) bond motifs is 1. The van der Waals surface area contributed by atoms with Crippen LogP contribution in [0.15, 0.2) is 57.2 Å². The molecule has 3 aromatic rings. The number of carbonyl (C=O) groups excluding carboxylic acids is 1. The van der Waals surface area contributed by atoms with Crippen molar-refractivity contribution in [3.05, 3.63) is 52.8 Å². The fraction of sp³-hybridized carbons (Fsp3) is 0.158. The summed E-state index contributed by atoms with van der Waals surface area (Å²) in [5, 5.41) is 0. The van der Waals surface area contributed by atoms with Crippen LogP contribution >= 0.6 is 11.3 Å². The van der Waals surface area contributed by atoms with E-state index < -0.39 is 25.6 Å². The molecular formula is C19H16N2O5S3. The number of hydrogen-bond donors (Lipinski definition) is 0. The average Bonchev–Trinajstić information content (AvgIpc) is 2.97. The van der Waals surface area contributed by atoms with Gasteiger partial charge < -0.3 is 4.57 Å². The Morgan fingerprint density at radius 2 is 1.62 bits per heavy atom. The first-order valence-corrected chi connectivity index (χ1v) is 12.8. The molecule has 7 nitrogen and oxygen atoms in total. The SMILES string of the molecule is C#CCn1c(=NC(=O)c2ccc(S(C)(=O)=O)cc2)sc2cc(S(C)(=O)=O)ccc21. The van der Waals surface area contributed by atoms with Crippen molar-refractivity contribution in [1.29, 1.82) is 0 Å². The summed E-state index contributed by atoms with van der Waals surface area (Å²) in [7, 11) is -6.75. The van der Waals surface area contributed by atoms with Crippen molar-refractivity contribution in [3.63, 3.8) is 0 Å². The summed E-state index contributed by atoms with van der Waals surface area (Å²) >= 11 is 1.14. The number of amides is 1. The molecule has 0 aliphatic rings. The lowest BCUT2D eigenvalue weighted by molar-refractivity contribution is 0.0998. The molecule has 0 atom stereocenters. The van der Waals surface area contributed by atoms with Crippen LogP contribution in [0.2, 0.25) is 0 Å². The summed E-state index contributed by atoms with van der Waals surface area (Å²) in [4.78, 5) is 17.3. The van der Waals surface area contributed by atoms with E-state index in [1.54, 1.807) is 10.6 Å². The molecule has 1 aromatic heterocycles. The Hall–Kier alpha value is -2.74. The van der Waals surface area contributed by atoms with Crippen molar-refractivity contribution < 1.29 is 21.6 Å². The van der Waals surface area contributed by atoms with Crippen LogP contribution < -0.4 is 4.80 Å². The zero-order valence-electron chi connectivity index (χ0n) is 15.5. The number of aromatic nitrogens is 1. The van der Waals surface area contributed by atoms with Gasteiger partial charge in [-0.3, -0.25) is 4.79 Å². The van der Waals surface area contributed by atoms with Gasteiger partial charge in [-0.15, -0.1) is 6.42 Å². The molecule has 2 aromatic carbocycles. The van der Waals surface area contributed by atoms with E-state index in [4.69, 9.17) is 6.42 Å².